The summed E-state index contributed by atoms with van der Waals surface area (Å²) in [6, 6.07) is 10.4. The van der Waals surface area contributed by atoms with Crippen molar-refractivity contribution in [3.63, 3.8) is 0 Å². The van der Waals surface area contributed by atoms with Crippen LogP contribution < -0.4 is 0 Å². The van der Waals surface area contributed by atoms with Crippen molar-refractivity contribution in [3.8, 4) is 0 Å². The largest absolute Gasteiger partial charge is 0.389 e. The van der Waals surface area contributed by atoms with Crippen LogP contribution in [0.15, 0.2) is 71.0 Å². The minimum absolute atomic E-state index is 0.363. The topological polar surface area (TPSA) is 20.2 Å². The van der Waals surface area contributed by atoms with Gasteiger partial charge in [-0.1, -0.05) is 66.6 Å². The maximum Gasteiger partial charge on any atom is 0.0721 e. The lowest BCUT2D eigenvalue weighted by Gasteiger charge is -2.33. The van der Waals surface area contributed by atoms with Crippen LogP contribution in [0.4, 0.5) is 0 Å². The summed E-state index contributed by atoms with van der Waals surface area (Å²) >= 11 is 1.75. The molecule has 3 atom stereocenters. The highest BCUT2D eigenvalue weighted by atomic mass is 32.2. The molecule has 0 spiro atoms. The molecular weight excluding hydrogens is 300 g/mol. The molecule has 0 aromatic heterocycles. The summed E-state index contributed by atoms with van der Waals surface area (Å²) in [7, 11) is 0. The average Bonchev–Trinajstić information content (AvgIpc) is 2.59. The lowest BCUT2D eigenvalue weighted by atomic mass is 9.73. The molecule has 1 unspecified atom stereocenters. The molecule has 1 saturated carbocycles. The Labute approximate surface area is 145 Å². The molecule has 0 radical (unpaired) electrons. The van der Waals surface area contributed by atoms with E-state index in [4.69, 9.17) is 0 Å². The molecule has 1 aromatic carbocycles. The van der Waals surface area contributed by atoms with Gasteiger partial charge in [-0.3, -0.25) is 0 Å². The molecule has 0 saturated heterocycles. The quantitative estimate of drug-likeness (QED) is 0.377. The van der Waals surface area contributed by atoms with Crippen molar-refractivity contribution in [2.75, 3.05) is 0 Å². The van der Waals surface area contributed by atoms with Crippen LogP contribution in [-0.2, 0) is 0 Å². The number of hydrogen-bond acceptors (Lipinski definition) is 2. The Balaban J connectivity index is 1.93. The van der Waals surface area contributed by atoms with Crippen LogP contribution in [0.5, 0.6) is 0 Å². The molecule has 1 N–H and O–H groups in total. The van der Waals surface area contributed by atoms with Gasteiger partial charge in [0.05, 0.1) is 6.10 Å². The fourth-order valence-electron chi connectivity index (χ4n) is 3.43. The van der Waals surface area contributed by atoms with Gasteiger partial charge < -0.3 is 5.11 Å². The first kappa shape index (κ1) is 18.1. The summed E-state index contributed by atoms with van der Waals surface area (Å²) in [5, 5.41) is 12.0. The second kappa shape index (κ2) is 9.79. The summed E-state index contributed by atoms with van der Waals surface area (Å²) in [6.45, 7) is 5.94. The molecule has 1 fully saturated rings. The monoisotopic (exact) mass is 328 g/mol. The molecule has 0 bridgehead atoms. The lowest BCUT2D eigenvalue weighted by molar-refractivity contribution is 0.148. The molecule has 0 heterocycles. The van der Waals surface area contributed by atoms with Crippen LogP contribution >= 0.6 is 11.8 Å². The fourth-order valence-corrected chi connectivity index (χ4v) is 4.06. The summed E-state index contributed by atoms with van der Waals surface area (Å²) in [6.07, 6.45) is 11.6. The Morgan fingerprint density at radius 2 is 2.04 bits per heavy atom. The molecule has 1 aromatic rings. The van der Waals surface area contributed by atoms with Gasteiger partial charge in [-0.2, -0.15) is 0 Å². The lowest BCUT2D eigenvalue weighted by Crippen LogP contribution is -2.24. The fraction of sp³-hybridized carbons (Fsp3) is 0.429. The van der Waals surface area contributed by atoms with E-state index in [1.165, 1.54) is 36.2 Å². The van der Waals surface area contributed by atoms with Crippen LogP contribution in [0.3, 0.4) is 0 Å². The maximum absolute atomic E-state index is 9.90. The number of aliphatic hydroxyl groups is 1. The van der Waals surface area contributed by atoms with Crippen LogP contribution in [0.1, 0.15) is 39.0 Å². The number of benzene rings is 1. The van der Waals surface area contributed by atoms with Crippen molar-refractivity contribution < 1.29 is 5.11 Å². The van der Waals surface area contributed by atoms with Crippen molar-refractivity contribution in [2.45, 2.75) is 50.0 Å². The first-order chi connectivity index (χ1) is 11.2. The Morgan fingerprint density at radius 1 is 1.30 bits per heavy atom. The van der Waals surface area contributed by atoms with E-state index in [0.717, 1.165) is 6.42 Å². The normalized spacial score (nSPS) is 23.8. The van der Waals surface area contributed by atoms with Crippen molar-refractivity contribution in [3.05, 3.63) is 66.1 Å². The smallest absolute Gasteiger partial charge is 0.0721 e. The number of rotatable bonds is 7. The minimum atomic E-state index is -0.363. The minimum Gasteiger partial charge on any atom is -0.389 e. The molecule has 1 nitrogen and oxygen atoms in total. The zero-order valence-corrected chi connectivity index (χ0v) is 14.8. The Hall–Kier alpha value is -1.25. The summed E-state index contributed by atoms with van der Waals surface area (Å²) in [5.41, 5.74) is 1.44. The first-order valence-corrected chi connectivity index (χ1v) is 9.44. The van der Waals surface area contributed by atoms with Gasteiger partial charge >= 0.3 is 0 Å². The van der Waals surface area contributed by atoms with Gasteiger partial charge in [0.25, 0.3) is 0 Å². The third kappa shape index (κ3) is 6.04. The van der Waals surface area contributed by atoms with E-state index in [2.05, 4.69) is 55.3 Å². The summed E-state index contributed by atoms with van der Waals surface area (Å²) in [5.74, 6) is 1.19. The highest BCUT2D eigenvalue weighted by molar-refractivity contribution is 8.02. The first-order valence-electron chi connectivity index (χ1n) is 8.56. The predicted octanol–water partition coefficient (Wildman–Crippen LogP) is 5.98. The maximum atomic E-state index is 9.90. The van der Waals surface area contributed by atoms with Crippen LogP contribution in [-0.4, -0.2) is 11.2 Å². The van der Waals surface area contributed by atoms with E-state index >= 15 is 0 Å². The highest BCUT2D eigenvalue weighted by Gasteiger charge is 2.27. The third-order valence-corrected chi connectivity index (χ3v) is 5.53. The molecular formula is C21H28OS. The van der Waals surface area contributed by atoms with Crippen LogP contribution in [0.2, 0.25) is 0 Å². The van der Waals surface area contributed by atoms with Gasteiger partial charge in [-0.15, -0.1) is 6.58 Å². The van der Waals surface area contributed by atoms with Gasteiger partial charge in [0.1, 0.15) is 0 Å². The van der Waals surface area contributed by atoms with Crippen LogP contribution in [0.25, 0.3) is 0 Å². The highest BCUT2D eigenvalue weighted by Crippen LogP contribution is 2.37. The van der Waals surface area contributed by atoms with Crippen LogP contribution in [0, 0.1) is 11.8 Å². The zero-order valence-electron chi connectivity index (χ0n) is 14.0. The van der Waals surface area contributed by atoms with Gasteiger partial charge in [0.15, 0.2) is 0 Å². The number of hydrogen-bond donors (Lipinski definition) is 1. The molecule has 0 aliphatic heterocycles. The summed E-state index contributed by atoms with van der Waals surface area (Å²) in [4.78, 5) is 1.26. The van der Waals surface area contributed by atoms with Gasteiger partial charge in [0.2, 0.25) is 0 Å². The SMILES string of the molecule is C=CC(O)C[C@H]1CCCC[C@@H]1/C(C)=C/C=C/Sc1ccccc1. The number of allylic oxidation sites excluding steroid dienone is 3. The van der Waals surface area contributed by atoms with Crippen molar-refractivity contribution in [2.24, 2.45) is 11.8 Å². The third-order valence-electron chi connectivity index (χ3n) is 4.70. The number of thioether (sulfide) groups is 1. The van der Waals surface area contributed by atoms with E-state index in [0.29, 0.717) is 11.8 Å². The molecule has 2 heteroatoms. The van der Waals surface area contributed by atoms with Gasteiger partial charge in [-0.05, 0) is 55.6 Å². The van der Waals surface area contributed by atoms with E-state index in [-0.39, 0.29) is 6.10 Å². The van der Waals surface area contributed by atoms with Gasteiger partial charge in [-0.25, -0.2) is 0 Å². The second-order valence-corrected chi connectivity index (χ2v) is 7.34. The molecule has 1 aliphatic carbocycles. The Kier molecular flexibility index (Phi) is 7.70. The van der Waals surface area contributed by atoms with E-state index in [1.807, 2.05) is 6.07 Å². The molecule has 124 valence electrons. The predicted molar refractivity (Wildman–Crippen MR) is 101 cm³/mol. The van der Waals surface area contributed by atoms with E-state index in [9.17, 15) is 5.11 Å². The Bertz CT molecular complexity index is 532. The summed E-state index contributed by atoms with van der Waals surface area (Å²) < 4.78 is 0. The van der Waals surface area contributed by atoms with Crippen molar-refractivity contribution >= 4 is 11.8 Å². The average molecular weight is 329 g/mol. The van der Waals surface area contributed by atoms with Crippen molar-refractivity contribution in [1.82, 2.24) is 0 Å². The molecule has 2 rings (SSSR count). The van der Waals surface area contributed by atoms with E-state index in [1.54, 1.807) is 17.8 Å². The standard InChI is InChI=1S/C21H28OS/c1-3-19(22)16-18-11-7-8-14-21(18)17(2)10-9-15-23-20-12-5-4-6-13-20/h3-6,9-10,12-13,15,18-19,21-22H,1,7-8,11,14,16H2,2H3/b15-9+,17-10+/t18-,19?,21-/m1/s1. The van der Waals surface area contributed by atoms with E-state index < -0.39 is 0 Å². The van der Waals surface area contributed by atoms with Crippen molar-refractivity contribution in [1.29, 1.82) is 0 Å². The zero-order chi connectivity index (χ0) is 16.5. The molecule has 0 amide bonds. The second-order valence-electron chi connectivity index (χ2n) is 6.36. The molecule has 23 heavy (non-hydrogen) atoms. The van der Waals surface area contributed by atoms with Gasteiger partial charge in [0, 0.05) is 4.90 Å². The number of aliphatic hydroxyl groups excluding tert-OH is 1. The Morgan fingerprint density at radius 3 is 2.78 bits per heavy atom. The molecule has 1 aliphatic rings.